The van der Waals surface area contributed by atoms with Gasteiger partial charge in [-0.25, -0.2) is 9.37 Å². The Hall–Kier alpha value is -2.94. The molecule has 0 aliphatic rings. The molecule has 3 heteroatoms. The molecule has 0 aliphatic heterocycles. The normalized spacial score (nSPS) is 10.3. The summed E-state index contributed by atoms with van der Waals surface area (Å²) >= 11 is 0. The number of aromatic nitrogens is 1. The molecule has 1 N–H and O–H groups in total. The van der Waals surface area contributed by atoms with E-state index in [4.69, 9.17) is 0 Å². The highest BCUT2D eigenvalue weighted by molar-refractivity contribution is 5.69. The van der Waals surface area contributed by atoms with Gasteiger partial charge in [0.1, 0.15) is 11.6 Å². The summed E-state index contributed by atoms with van der Waals surface area (Å²) in [4.78, 5) is 4.40. The second-order valence-corrected chi connectivity index (χ2v) is 5.43. The van der Waals surface area contributed by atoms with Crippen molar-refractivity contribution in [3.8, 4) is 11.1 Å². The molecule has 2 aromatic carbocycles. The fourth-order valence-corrected chi connectivity index (χ4v) is 2.32. The number of allylic oxidation sites excluding steroid dienone is 1. The zero-order chi connectivity index (χ0) is 16.2. The smallest absolute Gasteiger partial charge is 0.130 e. The third-order valence-corrected chi connectivity index (χ3v) is 3.55. The molecule has 0 spiro atoms. The van der Waals surface area contributed by atoms with Gasteiger partial charge in [0.25, 0.3) is 0 Å². The van der Waals surface area contributed by atoms with E-state index in [1.165, 1.54) is 12.1 Å². The minimum absolute atomic E-state index is 0.249. The predicted molar refractivity (Wildman–Crippen MR) is 94.1 cm³/mol. The van der Waals surface area contributed by atoms with Crippen molar-refractivity contribution in [2.75, 3.05) is 5.32 Å². The second kappa shape index (κ2) is 6.44. The molecule has 0 radical (unpaired) electrons. The van der Waals surface area contributed by atoms with Crippen LogP contribution in [-0.2, 0) is 0 Å². The number of halogens is 1. The lowest BCUT2D eigenvalue weighted by Crippen LogP contribution is -1.94. The highest BCUT2D eigenvalue weighted by atomic mass is 19.1. The molecule has 0 unspecified atom stereocenters. The van der Waals surface area contributed by atoms with Crippen molar-refractivity contribution >= 4 is 17.1 Å². The summed E-state index contributed by atoms with van der Waals surface area (Å²) in [5.41, 5.74) is 4.75. The lowest BCUT2D eigenvalue weighted by Gasteiger charge is -2.09. The van der Waals surface area contributed by atoms with Crippen molar-refractivity contribution in [2.45, 2.75) is 6.92 Å². The molecule has 0 fully saturated rings. The highest BCUT2D eigenvalue weighted by Crippen LogP contribution is 2.23. The van der Waals surface area contributed by atoms with Gasteiger partial charge in [0, 0.05) is 17.4 Å². The Bertz CT molecular complexity index is 838. The zero-order valence-corrected chi connectivity index (χ0v) is 12.9. The molecular weight excluding hydrogens is 287 g/mol. The van der Waals surface area contributed by atoms with E-state index in [0.717, 1.165) is 33.8 Å². The van der Waals surface area contributed by atoms with Gasteiger partial charge in [-0.3, -0.25) is 0 Å². The van der Waals surface area contributed by atoms with Crippen LogP contribution in [-0.4, -0.2) is 4.98 Å². The van der Waals surface area contributed by atoms with E-state index in [1.807, 2.05) is 49.4 Å². The maximum atomic E-state index is 13.3. The van der Waals surface area contributed by atoms with Gasteiger partial charge in [-0.1, -0.05) is 36.4 Å². The SMILES string of the molecule is C=C(C)c1cccc(Nc2ccc(-c3cccc(F)c3)cn2)c1. The van der Waals surface area contributed by atoms with Crippen LogP contribution in [0, 0.1) is 5.82 Å². The fourth-order valence-electron chi connectivity index (χ4n) is 2.32. The van der Waals surface area contributed by atoms with E-state index >= 15 is 0 Å². The van der Waals surface area contributed by atoms with Crippen LogP contribution in [0.1, 0.15) is 12.5 Å². The molecule has 0 aliphatic carbocycles. The van der Waals surface area contributed by atoms with Crippen molar-refractivity contribution in [3.63, 3.8) is 0 Å². The minimum Gasteiger partial charge on any atom is -0.340 e. The topological polar surface area (TPSA) is 24.9 Å². The molecule has 3 aromatic rings. The number of nitrogens with zero attached hydrogens (tertiary/aromatic N) is 1. The summed E-state index contributed by atoms with van der Waals surface area (Å²) in [5.74, 6) is 0.491. The second-order valence-electron chi connectivity index (χ2n) is 5.43. The van der Waals surface area contributed by atoms with Gasteiger partial charge in [0.2, 0.25) is 0 Å². The Balaban J connectivity index is 1.80. The van der Waals surface area contributed by atoms with E-state index in [9.17, 15) is 4.39 Å². The summed E-state index contributed by atoms with van der Waals surface area (Å²) in [5, 5.41) is 3.26. The van der Waals surface area contributed by atoms with Gasteiger partial charge >= 0.3 is 0 Å². The van der Waals surface area contributed by atoms with Crippen molar-refractivity contribution < 1.29 is 4.39 Å². The summed E-state index contributed by atoms with van der Waals surface area (Å²) < 4.78 is 13.3. The highest BCUT2D eigenvalue weighted by Gasteiger charge is 2.02. The van der Waals surface area contributed by atoms with E-state index in [0.29, 0.717) is 0 Å². The Kier molecular flexibility index (Phi) is 4.20. The lowest BCUT2D eigenvalue weighted by molar-refractivity contribution is 0.628. The Labute approximate surface area is 135 Å². The zero-order valence-electron chi connectivity index (χ0n) is 12.9. The first-order chi connectivity index (χ1) is 11.1. The van der Waals surface area contributed by atoms with Crippen molar-refractivity contribution in [2.24, 2.45) is 0 Å². The van der Waals surface area contributed by atoms with E-state index < -0.39 is 0 Å². The monoisotopic (exact) mass is 304 g/mol. The molecule has 1 heterocycles. The van der Waals surface area contributed by atoms with E-state index in [1.54, 1.807) is 12.3 Å². The largest absolute Gasteiger partial charge is 0.340 e. The molecule has 0 amide bonds. The first-order valence-electron chi connectivity index (χ1n) is 7.37. The average Bonchev–Trinajstić information content (AvgIpc) is 2.56. The van der Waals surface area contributed by atoms with Crippen LogP contribution in [0.25, 0.3) is 16.7 Å². The summed E-state index contributed by atoms with van der Waals surface area (Å²) in [7, 11) is 0. The van der Waals surface area contributed by atoms with Crippen LogP contribution >= 0.6 is 0 Å². The van der Waals surface area contributed by atoms with Gasteiger partial charge in [-0.2, -0.15) is 0 Å². The molecule has 0 saturated heterocycles. The molecular formula is C20H17FN2. The Morgan fingerprint density at radius 1 is 1.00 bits per heavy atom. The van der Waals surface area contributed by atoms with E-state index in [2.05, 4.69) is 16.9 Å². The van der Waals surface area contributed by atoms with Gasteiger partial charge in [0.15, 0.2) is 0 Å². The van der Waals surface area contributed by atoms with Gasteiger partial charge in [-0.05, 0) is 54.4 Å². The van der Waals surface area contributed by atoms with Crippen LogP contribution < -0.4 is 5.32 Å². The third-order valence-electron chi connectivity index (χ3n) is 3.55. The van der Waals surface area contributed by atoms with Crippen LogP contribution in [0.4, 0.5) is 15.9 Å². The van der Waals surface area contributed by atoms with Crippen LogP contribution in [0.5, 0.6) is 0 Å². The number of nitrogens with one attached hydrogen (secondary N) is 1. The summed E-state index contributed by atoms with van der Waals surface area (Å²) in [6.45, 7) is 5.93. The molecule has 1 aromatic heterocycles. The minimum atomic E-state index is -0.249. The molecule has 0 saturated carbocycles. The summed E-state index contributed by atoms with van der Waals surface area (Å²) in [6, 6.07) is 18.3. The molecule has 0 bridgehead atoms. The predicted octanol–water partition coefficient (Wildman–Crippen LogP) is 5.66. The molecule has 23 heavy (non-hydrogen) atoms. The van der Waals surface area contributed by atoms with Crippen molar-refractivity contribution in [3.05, 3.63) is 84.8 Å². The van der Waals surface area contributed by atoms with Gasteiger partial charge in [-0.15, -0.1) is 0 Å². The number of pyridine rings is 1. The van der Waals surface area contributed by atoms with Gasteiger partial charge < -0.3 is 5.32 Å². The molecule has 2 nitrogen and oxygen atoms in total. The maximum Gasteiger partial charge on any atom is 0.130 e. The van der Waals surface area contributed by atoms with E-state index in [-0.39, 0.29) is 5.82 Å². The standard InChI is InChI=1S/C20H17FN2/c1-14(2)15-5-4-8-19(12-15)23-20-10-9-17(13-22-20)16-6-3-7-18(21)11-16/h3-13H,1H2,2H3,(H,22,23). The number of hydrogen-bond donors (Lipinski definition) is 1. The average molecular weight is 304 g/mol. The Morgan fingerprint density at radius 2 is 1.83 bits per heavy atom. The quantitative estimate of drug-likeness (QED) is 0.672. The van der Waals surface area contributed by atoms with Crippen molar-refractivity contribution in [1.29, 1.82) is 0 Å². The molecule has 3 rings (SSSR count). The van der Waals surface area contributed by atoms with Crippen LogP contribution in [0.3, 0.4) is 0 Å². The Morgan fingerprint density at radius 3 is 2.52 bits per heavy atom. The number of rotatable bonds is 4. The van der Waals surface area contributed by atoms with Crippen LogP contribution in [0.2, 0.25) is 0 Å². The summed E-state index contributed by atoms with van der Waals surface area (Å²) in [6.07, 6.45) is 1.74. The third kappa shape index (κ3) is 3.64. The van der Waals surface area contributed by atoms with Gasteiger partial charge in [0.05, 0.1) is 0 Å². The molecule has 0 atom stereocenters. The number of benzene rings is 2. The van der Waals surface area contributed by atoms with Crippen LogP contribution in [0.15, 0.2) is 73.4 Å². The first kappa shape index (κ1) is 15.0. The lowest BCUT2D eigenvalue weighted by atomic mass is 10.1. The number of anilines is 2. The number of hydrogen-bond acceptors (Lipinski definition) is 2. The van der Waals surface area contributed by atoms with Crippen molar-refractivity contribution in [1.82, 2.24) is 4.98 Å². The fraction of sp³-hybridized carbons (Fsp3) is 0.0500. The first-order valence-corrected chi connectivity index (χ1v) is 7.37. The molecule has 114 valence electrons. The maximum absolute atomic E-state index is 13.3.